The molecule has 0 spiro atoms. The van der Waals surface area contributed by atoms with Gasteiger partial charge in [-0.3, -0.25) is 14.4 Å². The Labute approximate surface area is 183 Å². The Morgan fingerprint density at radius 3 is 2.55 bits per heavy atom. The minimum Gasteiger partial charge on any atom is -0.379 e. The summed E-state index contributed by atoms with van der Waals surface area (Å²) in [5.41, 5.74) is 4.63. The summed E-state index contributed by atoms with van der Waals surface area (Å²) in [5.74, 6) is -0.0723. The van der Waals surface area contributed by atoms with Gasteiger partial charge in [0.15, 0.2) is 0 Å². The number of hydrogen-bond donors (Lipinski definition) is 1. The first-order valence-electron chi connectivity index (χ1n) is 11.0. The number of aryl methyl sites for hydroxylation is 1. The van der Waals surface area contributed by atoms with Crippen molar-refractivity contribution in [2.45, 2.75) is 19.9 Å². The molecule has 1 fully saturated rings. The largest absolute Gasteiger partial charge is 0.379 e. The fourth-order valence-electron chi connectivity index (χ4n) is 3.79. The summed E-state index contributed by atoms with van der Waals surface area (Å²) < 4.78 is 7.24. The van der Waals surface area contributed by atoms with Gasteiger partial charge in [-0.2, -0.15) is 5.10 Å². The van der Waals surface area contributed by atoms with Crippen LogP contribution < -0.4 is 5.32 Å². The smallest absolute Gasteiger partial charge is 0.255 e. The molecule has 6 heteroatoms. The monoisotopic (exact) mass is 418 g/mol. The summed E-state index contributed by atoms with van der Waals surface area (Å²) in [7, 11) is 0. The highest BCUT2D eigenvalue weighted by Crippen LogP contribution is 2.23. The third-order valence-corrected chi connectivity index (χ3v) is 5.56. The zero-order chi connectivity index (χ0) is 21.5. The maximum Gasteiger partial charge on any atom is 0.255 e. The first-order chi connectivity index (χ1) is 15.2. The zero-order valence-corrected chi connectivity index (χ0v) is 18.1. The highest BCUT2D eigenvalue weighted by Gasteiger charge is 2.18. The molecule has 1 saturated heterocycles. The summed E-state index contributed by atoms with van der Waals surface area (Å²) in [6, 6.07) is 18.3. The van der Waals surface area contributed by atoms with E-state index in [-0.39, 0.29) is 5.91 Å². The molecule has 2 aromatic carbocycles. The molecular weight excluding hydrogens is 388 g/mol. The summed E-state index contributed by atoms with van der Waals surface area (Å²) >= 11 is 0. The highest BCUT2D eigenvalue weighted by molar-refractivity contribution is 5.99. The Morgan fingerprint density at radius 2 is 1.81 bits per heavy atom. The normalized spacial score (nSPS) is 14.5. The van der Waals surface area contributed by atoms with E-state index in [4.69, 9.17) is 9.84 Å². The summed E-state index contributed by atoms with van der Waals surface area (Å²) in [6.07, 6.45) is 2.78. The number of benzene rings is 2. The highest BCUT2D eigenvalue weighted by atomic mass is 16.5. The van der Waals surface area contributed by atoms with Gasteiger partial charge < -0.3 is 10.1 Å². The second-order valence-electron chi connectivity index (χ2n) is 8.00. The van der Waals surface area contributed by atoms with E-state index in [2.05, 4.69) is 41.4 Å². The van der Waals surface area contributed by atoms with Crippen LogP contribution in [-0.4, -0.2) is 60.0 Å². The van der Waals surface area contributed by atoms with E-state index in [0.29, 0.717) is 18.7 Å². The average molecular weight is 419 g/mol. The van der Waals surface area contributed by atoms with Gasteiger partial charge in [-0.15, -0.1) is 0 Å². The van der Waals surface area contributed by atoms with Crippen molar-refractivity contribution in [2.24, 2.45) is 0 Å². The lowest BCUT2D eigenvalue weighted by atomic mass is 10.1. The van der Waals surface area contributed by atoms with Crippen molar-refractivity contribution in [3.63, 3.8) is 0 Å². The van der Waals surface area contributed by atoms with Gasteiger partial charge in [-0.25, -0.2) is 0 Å². The molecule has 4 rings (SSSR count). The van der Waals surface area contributed by atoms with Gasteiger partial charge in [-0.05, 0) is 25.5 Å². The minimum atomic E-state index is -0.0723. The predicted octanol–water partition coefficient (Wildman–Crippen LogP) is 3.36. The van der Waals surface area contributed by atoms with Crippen molar-refractivity contribution in [3.8, 4) is 11.3 Å². The SMILES string of the molecule is Cc1ccc(-c2nn(Cc3ccccc3)cc2C(=O)NCCCN2CCOCC2)cc1. The van der Waals surface area contributed by atoms with Gasteiger partial charge >= 0.3 is 0 Å². The number of carbonyl (C=O) groups excluding carboxylic acids is 1. The number of ether oxygens (including phenoxy) is 1. The van der Waals surface area contributed by atoms with Gasteiger partial charge in [0.1, 0.15) is 5.69 Å². The van der Waals surface area contributed by atoms with Crippen LogP contribution >= 0.6 is 0 Å². The topological polar surface area (TPSA) is 59.4 Å². The van der Waals surface area contributed by atoms with Crippen molar-refractivity contribution < 1.29 is 9.53 Å². The van der Waals surface area contributed by atoms with Gasteiger partial charge in [0.2, 0.25) is 0 Å². The molecule has 162 valence electrons. The Hall–Kier alpha value is -2.96. The molecule has 0 saturated carbocycles. The fourth-order valence-corrected chi connectivity index (χ4v) is 3.79. The molecule has 1 aliphatic heterocycles. The third-order valence-electron chi connectivity index (χ3n) is 5.56. The van der Waals surface area contributed by atoms with Crippen LogP contribution in [0.4, 0.5) is 0 Å². The molecule has 1 aliphatic rings. The zero-order valence-electron chi connectivity index (χ0n) is 18.1. The van der Waals surface area contributed by atoms with Gasteiger partial charge in [0.25, 0.3) is 5.91 Å². The van der Waals surface area contributed by atoms with Crippen molar-refractivity contribution in [1.29, 1.82) is 0 Å². The molecule has 31 heavy (non-hydrogen) atoms. The lowest BCUT2D eigenvalue weighted by Crippen LogP contribution is -2.38. The van der Waals surface area contributed by atoms with Crippen LogP contribution in [0.15, 0.2) is 60.8 Å². The van der Waals surface area contributed by atoms with Crippen LogP contribution in [0.2, 0.25) is 0 Å². The van der Waals surface area contributed by atoms with E-state index in [1.54, 1.807) is 0 Å². The van der Waals surface area contributed by atoms with E-state index < -0.39 is 0 Å². The summed E-state index contributed by atoms with van der Waals surface area (Å²) in [5, 5.41) is 7.85. The summed E-state index contributed by atoms with van der Waals surface area (Å²) in [6.45, 7) is 7.84. The molecule has 1 amide bonds. The Morgan fingerprint density at radius 1 is 1.06 bits per heavy atom. The molecule has 0 aliphatic carbocycles. The number of rotatable bonds is 8. The van der Waals surface area contributed by atoms with Crippen LogP contribution in [-0.2, 0) is 11.3 Å². The van der Waals surface area contributed by atoms with E-state index in [1.807, 2.05) is 41.2 Å². The lowest BCUT2D eigenvalue weighted by Gasteiger charge is -2.26. The Bertz CT molecular complexity index is 977. The maximum absolute atomic E-state index is 13.0. The quantitative estimate of drug-likeness (QED) is 0.570. The van der Waals surface area contributed by atoms with Gasteiger partial charge in [-0.1, -0.05) is 60.2 Å². The van der Waals surface area contributed by atoms with Gasteiger partial charge in [0.05, 0.1) is 25.3 Å². The van der Waals surface area contributed by atoms with E-state index in [1.165, 1.54) is 5.56 Å². The number of nitrogens with one attached hydrogen (secondary N) is 1. The molecule has 0 atom stereocenters. The van der Waals surface area contributed by atoms with Crippen LogP contribution in [0.5, 0.6) is 0 Å². The first kappa shape index (κ1) is 21.3. The minimum absolute atomic E-state index is 0.0723. The average Bonchev–Trinajstić information content (AvgIpc) is 3.22. The van der Waals surface area contributed by atoms with Crippen molar-refractivity contribution >= 4 is 5.91 Å². The standard InChI is InChI=1S/C25H30N4O2/c1-20-8-10-22(11-9-20)24-23(19-29(27-24)18-21-6-3-2-4-7-21)25(30)26-12-5-13-28-14-16-31-17-15-28/h2-4,6-11,19H,5,12-18H2,1H3,(H,26,30). The van der Waals surface area contributed by atoms with Crippen LogP contribution in [0.3, 0.4) is 0 Å². The second-order valence-corrected chi connectivity index (χ2v) is 8.00. The van der Waals surface area contributed by atoms with Crippen LogP contribution in [0.25, 0.3) is 11.3 Å². The lowest BCUT2D eigenvalue weighted by molar-refractivity contribution is 0.0374. The number of hydrogen-bond acceptors (Lipinski definition) is 4. The van der Waals surface area contributed by atoms with E-state index in [0.717, 1.165) is 56.1 Å². The first-order valence-corrected chi connectivity index (χ1v) is 11.0. The number of morpholine rings is 1. The number of amides is 1. The molecule has 0 bridgehead atoms. The van der Waals surface area contributed by atoms with Crippen molar-refractivity contribution in [3.05, 3.63) is 77.5 Å². The number of nitrogens with zero attached hydrogens (tertiary/aromatic N) is 3. The molecular formula is C25H30N4O2. The van der Waals surface area contributed by atoms with E-state index in [9.17, 15) is 4.79 Å². The fraction of sp³-hybridized carbons (Fsp3) is 0.360. The third kappa shape index (κ3) is 5.81. The Kier molecular flexibility index (Phi) is 7.12. The van der Waals surface area contributed by atoms with E-state index >= 15 is 0 Å². The maximum atomic E-state index is 13.0. The second kappa shape index (κ2) is 10.4. The molecule has 6 nitrogen and oxygen atoms in total. The molecule has 2 heterocycles. The van der Waals surface area contributed by atoms with Crippen LogP contribution in [0.1, 0.15) is 27.9 Å². The predicted molar refractivity (Wildman–Crippen MR) is 122 cm³/mol. The molecule has 1 aromatic heterocycles. The van der Waals surface area contributed by atoms with Crippen molar-refractivity contribution in [1.82, 2.24) is 20.0 Å². The van der Waals surface area contributed by atoms with Gasteiger partial charge in [0, 0.05) is 31.4 Å². The van der Waals surface area contributed by atoms with Crippen molar-refractivity contribution in [2.75, 3.05) is 39.4 Å². The van der Waals surface area contributed by atoms with Crippen LogP contribution in [0, 0.1) is 6.92 Å². The molecule has 3 aromatic rings. The summed E-state index contributed by atoms with van der Waals surface area (Å²) in [4.78, 5) is 15.4. The number of aromatic nitrogens is 2. The Balaban J connectivity index is 1.46. The number of carbonyl (C=O) groups is 1. The molecule has 0 unspecified atom stereocenters. The molecule has 0 radical (unpaired) electrons. The molecule has 1 N–H and O–H groups in total.